The molecule has 5 nitrogen and oxygen atoms in total. The van der Waals surface area contributed by atoms with E-state index in [0.717, 1.165) is 12.8 Å². The highest BCUT2D eigenvalue weighted by molar-refractivity contribution is 7.98. The Labute approximate surface area is 130 Å². The number of thioether (sulfide) groups is 1. The maximum absolute atomic E-state index is 5.53. The molecule has 0 amide bonds. The Bertz CT molecular complexity index is 561. The minimum Gasteiger partial charge on any atom is -0.368 e. The predicted octanol–water partition coefficient (Wildman–Crippen LogP) is 3.25. The number of hydrogen-bond acceptors (Lipinski definition) is 6. The number of aryl methyl sites for hydroxylation is 1. The van der Waals surface area contributed by atoms with E-state index in [2.05, 4.69) is 57.7 Å². The summed E-state index contributed by atoms with van der Waals surface area (Å²) in [6.45, 7) is 2.11. The van der Waals surface area contributed by atoms with E-state index in [1.807, 2.05) is 0 Å². The summed E-state index contributed by atoms with van der Waals surface area (Å²) in [7, 11) is 0. The average Bonchev–Trinajstić information content (AvgIpc) is 2.45. The van der Waals surface area contributed by atoms with Crippen molar-refractivity contribution in [3.63, 3.8) is 0 Å². The fourth-order valence-electron chi connectivity index (χ4n) is 1.95. The molecule has 1 aromatic carbocycles. The Morgan fingerprint density at radius 2 is 2.05 bits per heavy atom. The molecule has 1 unspecified atom stereocenters. The van der Waals surface area contributed by atoms with E-state index in [9.17, 15) is 0 Å². The minimum atomic E-state index is 0. The van der Waals surface area contributed by atoms with Gasteiger partial charge in [-0.05, 0) is 37.7 Å². The van der Waals surface area contributed by atoms with Crippen molar-refractivity contribution in [1.82, 2.24) is 15.0 Å². The summed E-state index contributed by atoms with van der Waals surface area (Å²) < 4.78 is 0. The van der Waals surface area contributed by atoms with Gasteiger partial charge in [0.2, 0.25) is 11.9 Å². The van der Waals surface area contributed by atoms with Gasteiger partial charge in [-0.3, -0.25) is 0 Å². The van der Waals surface area contributed by atoms with Gasteiger partial charge in [0.1, 0.15) is 6.33 Å². The van der Waals surface area contributed by atoms with E-state index in [0.29, 0.717) is 5.95 Å². The fourth-order valence-corrected chi connectivity index (χ4v) is 2.60. The first-order chi connectivity index (χ1) is 9.69. The van der Waals surface area contributed by atoms with Gasteiger partial charge >= 0.3 is 0 Å². The Balaban J connectivity index is 0.00000220. The molecule has 1 aromatic heterocycles. The Hall–Kier alpha value is -1.82. The summed E-state index contributed by atoms with van der Waals surface area (Å²) in [5.74, 6) is 0.769. The van der Waals surface area contributed by atoms with E-state index in [4.69, 9.17) is 5.73 Å². The third-order valence-electron chi connectivity index (χ3n) is 3.01. The molecule has 0 fully saturated rings. The highest BCUT2D eigenvalue weighted by atomic mass is 32.2. The van der Waals surface area contributed by atoms with E-state index >= 15 is 0 Å². The van der Waals surface area contributed by atoms with Gasteiger partial charge in [-0.1, -0.05) is 25.6 Å². The van der Waals surface area contributed by atoms with Gasteiger partial charge in [0, 0.05) is 10.9 Å². The smallest absolute Gasteiger partial charge is 0.227 e. The van der Waals surface area contributed by atoms with Gasteiger partial charge in [-0.25, -0.2) is 9.97 Å². The number of aromatic nitrogens is 3. The molecule has 0 saturated heterocycles. The molecular formula is C15H23N5S. The SMILES string of the molecule is C.CSc1ccccc1CCC(C)Nc1ncnc(N)n1. The maximum atomic E-state index is 5.53. The molecule has 0 aliphatic carbocycles. The molecule has 21 heavy (non-hydrogen) atoms. The van der Waals surface area contributed by atoms with Crippen LogP contribution in [0.15, 0.2) is 35.5 Å². The zero-order valence-electron chi connectivity index (χ0n) is 11.7. The molecule has 0 spiro atoms. The topological polar surface area (TPSA) is 76.7 Å². The number of nitrogens with zero attached hydrogens (tertiary/aromatic N) is 3. The van der Waals surface area contributed by atoms with Crippen molar-refractivity contribution in [3.8, 4) is 0 Å². The van der Waals surface area contributed by atoms with Gasteiger partial charge < -0.3 is 11.1 Å². The van der Waals surface area contributed by atoms with Gasteiger partial charge in [-0.2, -0.15) is 4.98 Å². The minimum absolute atomic E-state index is 0. The average molecular weight is 305 g/mol. The zero-order chi connectivity index (χ0) is 14.4. The molecule has 1 atom stereocenters. The highest BCUT2D eigenvalue weighted by Gasteiger charge is 2.07. The number of nitrogen functional groups attached to an aromatic ring is 1. The number of anilines is 2. The molecule has 0 aliphatic rings. The van der Waals surface area contributed by atoms with Crippen LogP contribution < -0.4 is 11.1 Å². The van der Waals surface area contributed by atoms with Crippen molar-refractivity contribution in [2.45, 2.75) is 38.1 Å². The first-order valence-electron chi connectivity index (χ1n) is 6.52. The summed E-state index contributed by atoms with van der Waals surface area (Å²) in [6.07, 6.45) is 5.55. The van der Waals surface area contributed by atoms with Crippen LogP contribution in [0.2, 0.25) is 0 Å². The third-order valence-corrected chi connectivity index (χ3v) is 3.84. The molecule has 1 heterocycles. The zero-order valence-corrected chi connectivity index (χ0v) is 12.5. The lowest BCUT2D eigenvalue weighted by atomic mass is 10.1. The molecule has 0 aliphatic heterocycles. The summed E-state index contributed by atoms with van der Waals surface area (Å²) in [6, 6.07) is 8.76. The number of nitrogens with two attached hydrogens (primary N) is 1. The monoisotopic (exact) mass is 305 g/mol. The number of nitrogens with one attached hydrogen (secondary N) is 1. The van der Waals surface area contributed by atoms with Crippen LogP contribution in [0.4, 0.5) is 11.9 Å². The molecule has 0 radical (unpaired) electrons. The van der Waals surface area contributed by atoms with Crippen LogP contribution in [-0.2, 0) is 6.42 Å². The first-order valence-corrected chi connectivity index (χ1v) is 7.74. The van der Waals surface area contributed by atoms with Crippen LogP contribution in [0, 0.1) is 0 Å². The molecule has 2 rings (SSSR count). The van der Waals surface area contributed by atoms with Gasteiger partial charge in [0.05, 0.1) is 0 Å². The predicted molar refractivity (Wildman–Crippen MR) is 90.6 cm³/mol. The molecule has 2 aromatic rings. The van der Waals surface area contributed by atoms with Crippen LogP contribution in [-0.4, -0.2) is 27.2 Å². The van der Waals surface area contributed by atoms with E-state index in [1.165, 1.54) is 16.8 Å². The van der Waals surface area contributed by atoms with Crippen molar-refractivity contribution in [2.24, 2.45) is 0 Å². The van der Waals surface area contributed by atoms with Gasteiger partial charge in [0.25, 0.3) is 0 Å². The fraction of sp³-hybridized carbons (Fsp3) is 0.400. The highest BCUT2D eigenvalue weighted by Crippen LogP contribution is 2.21. The Morgan fingerprint density at radius 3 is 2.76 bits per heavy atom. The van der Waals surface area contributed by atoms with Crippen LogP contribution in [0.25, 0.3) is 0 Å². The number of hydrogen-bond donors (Lipinski definition) is 2. The van der Waals surface area contributed by atoms with Crippen molar-refractivity contribution in [1.29, 1.82) is 0 Å². The maximum Gasteiger partial charge on any atom is 0.227 e. The Kier molecular flexibility index (Phi) is 6.94. The van der Waals surface area contributed by atoms with E-state index < -0.39 is 0 Å². The molecule has 3 N–H and O–H groups in total. The summed E-state index contributed by atoms with van der Waals surface area (Å²) in [4.78, 5) is 13.2. The number of benzene rings is 1. The van der Waals surface area contributed by atoms with Crippen LogP contribution in [0.3, 0.4) is 0 Å². The van der Waals surface area contributed by atoms with Crippen molar-refractivity contribution >= 4 is 23.7 Å². The van der Waals surface area contributed by atoms with Crippen LogP contribution in [0.1, 0.15) is 26.3 Å². The second-order valence-electron chi connectivity index (χ2n) is 4.56. The van der Waals surface area contributed by atoms with Crippen molar-refractivity contribution in [3.05, 3.63) is 36.2 Å². The second-order valence-corrected chi connectivity index (χ2v) is 5.41. The van der Waals surface area contributed by atoms with E-state index in [-0.39, 0.29) is 19.4 Å². The Morgan fingerprint density at radius 1 is 1.29 bits per heavy atom. The third kappa shape index (κ3) is 5.23. The largest absolute Gasteiger partial charge is 0.368 e. The van der Waals surface area contributed by atoms with Gasteiger partial charge in [0.15, 0.2) is 0 Å². The van der Waals surface area contributed by atoms with Crippen LogP contribution >= 0.6 is 11.8 Å². The number of rotatable bonds is 6. The standard InChI is InChI=1S/C14H19N5S.CH4/c1-10(18-14-17-9-16-13(15)19-14)7-8-11-5-3-4-6-12(11)20-2;/h3-6,9-10H,7-8H2,1-2H3,(H3,15,16,17,18,19);1H4. The van der Waals surface area contributed by atoms with E-state index in [1.54, 1.807) is 11.8 Å². The lowest BCUT2D eigenvalue weighted by Gasteiger charge is -2.14. The molecule has 0 bridgehead atoms. The molecular weight excluding hydrogens is 282 g/mol. The first kappa shape index (κ1) is 17.2. The lowest BCUT2D eigenvalue weighted by Crippen LogP contribution is -2.18. The van der Waals surface area contributed by atoms with Crippen molar-refractivity contribution < 1.29 is 0 Å². The van der Waals surface area contributed by atoms with Crippen LogP contribution in [0.5, 0.6) is 0 Å². The molecule has 114 valence electrons. The molecule has 0 saturated carbocycles. The summed E-state index contributed by atoms with van der Waals surface area (Å²) in [5, 5.41) is 3.24. The normalized spacial score (nSPS) is 11.5. The lowest BCUT2D eigenvalue weighted by molar-refractivity contribution is 0.693. The summed E-state index contributed by atoms with van der Waals surface area (Å²) in [5.41, 5.74) is 6.91. The van der Waals surface area contributed by atoms with Crippen molar-refractivity contribution in [2.75, 3.05) is 17.3 Å². The molecule has 6 heteroatoms. The summed E-state index contributed by atoms with van der Waals surface area (Å²) >= 11 is 1.78. The quantitative estimate of drug-likeness (QED) is 0.798. The second kappa shape index (κ2) is 8.46. The van der Waals surface area contributed by atoms with Gasteiger partial charge in [-0.15, -0.1) is 11.8 Å².